The zero-order valence-electron chi connectivity index (χ0n) is 10.3. The Morgan fingerprint density at radius 2 is 2.28 bits per heavy atom. The van der Waals surface area contributed by atoms with E-state index in [0.29, 0.717) is 0 Å². The van der Waals surface area contributed by atoms with Crippen molar-refractivity contribution in [2.45, 2.75) is 19.4 Å². The second-order valence-electron chi connectivity index (χ2n) is 4.17. The van der Waals surface area contributed by atoms with Crippen LogP contribution in [0.3, 0.4) is 0 Å². The summed E-state index contributed by atoms with van der Waals surface area (Å²) in [5, 5.41) is 3.07. The molecule has 0 spiro atoms. The Bertz CT molecular complexity index is 540. The van der Waals surface area contributed by atoms with E-state index in [1.54, 1.807) is 18.4 Å². The van der Waals surface area contributed by atoms with Crippen LogP contribution >= 0.6 is 27.3 Å². The largest absolute Gasteiger partial charge is 0.496 e. The van der Waals surface area contributed by atoms with Crippen molar-refractivity contribution >= 4 is 27.3 Å². The molecule has 96 valence electrons. The summed E-state index contributed by atoms with van der Waals surface area (Å²) in [5.74, 6) is 0.825. The van der Waals surface area contributed by atoms with Gasteiger partial charge in [0, 0.05) is 23.4 Å². The van der Waals surface area contributed by atoms with Crippen LogP contribution in [-0.2, 0) is 6.42 Å². The standard InChI is InChI=1S/C13H15BrN2OS/c1-8(15)5-10-7-18-13(16-10)9-3-4-12(17-2)11(14)6-9/h3-4,6-8H,5,15H2,1-2H3. The number of aromatic nitrogens is 1. The van der Waals surface area contributed by atoms with Crippen molar-refractivity contribution in [3.63, 3.8) is 0 Å². The molecule has 0 aliphatic carbocycles. The Labute approximate surface area is 119 Å². The number of thiazole rings is 1. The van der Waals surface area contributed by atoms with Gasteiger partial charge in [-0.05, 0) is 41.1 Å². The van der Waals surface area contributed by atoms with Crippen molar-refractivity contribution < 1.29 is 4.74 Å². The summed E-state index contributed by atoms with van der Waals surface area (Å²) >= 11 is 5.12. The fourth-order valence-corrected chi connectivity index (χ4v) is 3.03. The lowest BCUT2D eigenvalue weighted by Gasteiger charge is -2.04. The summed E-state index contributed by atoms with van der Waals surface area (Å²) < 4.78 is 6.15. The third-order valence-corrected chi connectivity index (χ3v) is 4.04. The van der Waals surface area contributed by atoms with Gasteiger partial charge < -0.3 is 10.5 Å². The van der Waals surface area contributed by atoms with Gasteiger partial charge in [0.1, 0.15) is 10.8 Å². The first-order chi connectivity index (χ1) is 8.60. The van der Waals surface area contributed by atoms with Gasteiger partial charge in [0.2, 0.25) is 0 Å². The molecule has 1 heterocycles. The topological polar surface area (TPSA) is 48.1 Å². The third kappa shape index (κ3) is 3.10. The minimum absolute atomic E-state index is 0.141. The molecule has 0 aliphatic rings. The quantitative estimate of drug-likeness (QED) is 0.935. The van der Waals surface area contributed by atoms with Crippen LogP contribution in [0.15, 0.2) is 28.1 Å². The van der Waals surface area contributed by atoms with E-state index < -0.39 is 0 Å². The molecule has 0 saturated carbocycles. The highest BCUT2D eigenvalue weighted by Gasteiger charge is 2.08. The normalized spacial score (nSPS) is 12.4. The van der Waals surface area contributed by atoms with Gasteiger partial charge in [-0.25, -0.2) is 4.98 Å². The Kier molecular flexibility index (Phi) is 4.37. The lowest BCUT2D eigenvalue weighted by Crippen LogP contribution is -2.17. The number of benzene rings is 1. The highest BCUT2D eigenvalue weighted by molar-refractivity contribution is 9.10. The Morgan fingerprint density at radius 3 is 2.89 bits per heavy atom. The Hall–Kier alpha value is -0.910. The summed E-state index contributed by atoms with van der Waals surface area (Å²) in [6.07, 6.45) is 0.813. The Morgan fingerprint density at radius 1 is 1.50 bits per heavy atom. The molecule has 2 N–H and O–H groups in total. The van der Waals surface area contributed by atoms with E-state index in [0.717, 1.165) is 32.9 Å². The highest BCUT2D eigenvalue weighted by atomic mass is 79.9. The van der Waals surface area contributed by atoms with E-state index in [2.05, 4.69) is 26.3 Å². The van der Waals surface area contributed by atoms with Crippen molar-refractivity contribution in [1.29, 1.82) is 0 Å². The Balaban J connectivity index is 2.26. The molecule has 0 saturated heterocycles. The van der Waals surface area contributed by atoms with Crippen LogP contribution < -0.4 is 10.5 Å². The van der Waals surface area contributed by atoms with Crippen LogP contribution in [0.1, 0.15) is 12.6 Å². The summed E-state index contributed by atoms with van der Waals surface area (Å²) in [6.45, 7) is 1.99. The van der Waals surface area contributed by atoms with Gasteiger partial charge in [0.05, 0.1) is 17.3 Å². The van der Waals surface area contributed by atoms with Crippen LogP contribution in [-0.4, -0.2) is 18.1 Å². The van der Waals surface area contributed by atoms with Gasteiger partial charge in [-0.15, -0.1) is 11.3 Å². The third-order valence-electron chi connectivity index (χ3n) is 2.48. The number of methoxy groups -OCH3 is 1. The molecule has 1 aromatic carbocycles. The van der Waals surface area contributed by atoms with E-state index in [1.165, 1.54) is 0 Å². The highest BCUT2D eigenvalue weighted by Crippen LogP contribution is 2.32. The predicted octanol–water partition coefficient (Wildman–Crippen LogP) is 3.47. The maximum atomic E-state index is 5.77. The second-order valence-corrected chi connectivity index (χ2v) is 5.89. The zero-order valence-corrected chi connectivity index (χ0v) is 12.7. The van der Waals surface area contributed by atoms with Crippen LogP contribution in [0.2, 0.25) is 0 Å². The molecule has 2 rings (SSSR count). The van der Waals surface area contributed by atoms with E-state index >= 15 is 0 Å². The second kappa shape index (κ2) is 5.82. The molecule has 2 aromatic rings. The zero-order chi connectivity index (χ0) is 13.1. The first-order valence-electron chi connectivity index (χ1n) is 5.64. The van der Waals surface area contributed by atoms with Crippen LogP contribution in [0.5, 0.6) is 5.75 Å². The number of ether oxygens (including phenoxy) is 1. The number of nitrogens with zero attached hydrogens (tertiary/aromatic N) is 1. The van der Waals surface area contributed by atoms with Gasteiger partial charge in [-0.1, -0.05) is 0 Å². The molecule has 1 aromatic heterocycles. The van der Waals surface area contributed by atoms with Crippen molar-refractivity contribution in [2.75, 3.05) is 7.11 Å². The molecular weight excluding hydrogens is 312 g/mol. The fourth-order valence-electron chi connectivity index (χ4n) is 1.66. The van der Waals surface area contributed by atoms with Crippen molar-refractivity contribution in [3.05, 3.63) is 33.7 Å². The van der Waals surface area contributed by atoms with Gasteiger partial charge in [-0.2, -0.15) is 0 Å². The molecule has 18 heavy (non-hydrogen) atoms. The first-order valence-corrected chi connectivity index (χ1v) is 7.31. The number of nitrogens with two attached hydrogens (primary N) is 1. The van der Waals surface area contributed by atoms with Crippen LogP contribution in [0.4, 0.5) is 0 Å². The smallest absolute Gasteiger partial charge is 0.133 e. The summed E-state index contributed by atoms with van der Waals surface area (Å²) in [7, 11) is 1.66. The molecule has 1 unspecified atom stereocenters. The van der Waals surface area contributed by atoms with Crippen LogP contribution in [0, 0.1) is 0 Å². The maximum Gasteiger partial charge on any atom is 0.133 e. The minimum atomic E-state index is 0.141. The molecular formula is C13H15BrN2OS. The molecule has 1 atom stereocenters. The SMILES string of the molecule is COc1ccc(-c2nc(CC(C)N)cs2)cc1Br. The first kappa shape index (κ1) is 13.5. The number of hydrogen-bond acceptors (Lipinski definition) is 4. The van der Waals surface area contributed by atoms with Crippen molar-refractivity contribution in [2.24, 2.45) is 5.73 Å². The molecule has 0 bridgehead atoms. The number of rotatable bonds is 4. The average Bonchev–Trinajstić information content (AvgIpc) is 2.76. The van der Waals surface area contributed by atoms with Gasteiger partial charge in [-0.3, -0.25) is 0 Å². The summed E-state index contributed by atoms with van der Waals surface area (Å²) in [5.41, 5.74) is 7.91. The van der Waals surface area contributed by atoms with Crippen molar-refractivity contribution in [3.8, 4) is 16.3 Å². The van der Waals surface area contributed by atoms with Crippen LogP contribution in [0.25, 0.3) is 10.6 Å². The lowest BCUT2D eigenvalue weighted by atomic mass is 10.2. The van der Waals surface area contributed by atoms with Crippen molar-refractivity contribution in [1.82, 2.24) is 4.98 Å². The van der Waals surface area contributed by atoms with E-state index in [-0.39, 0.29) is 6.04 Å². The maximum absolute atomic E-state index is 5.77. The summed E-state index contributed by atoms with van der Waals surface area (Å²) in [4.78, 5) is 4.59. The minimum Gasteiger partial charge on any atom is -0.496 e. The van der Waals surface area contributed by atoms with E-state index in [9.17, 15) is 0 Å². The van der Waals surface area contributed by atoms with E-state index in [1.807, 2.05) is 25.1 Å². The number of hydrogen-bond donors (Lipinski definition) is 1. The summed E-state index contributed by atoms with van der Waals surface area (Å²) in [6, 6.07) is 6.11. The van der Waals surface area contributed by atoms with Gasteiger partial charge in [0.15, 0.2) is 0 Å². The number of halogens is 1. The molecule has 3 nitrogen and oxygen atoms in total. The van der Waals surface area contributed by atoms with Gasteiger partial charge >= 0.3 is 0 Å². The molecule has 0 radical (unpaired) electrons. The van der Waals surface area contributed by atoms with Gasteiger partial charge in [0.25, 0.3) is 0 Å². The van der Waals surface area contributed by atoms with E-state index in [4.69, 9.17) is 10.5 Å². The monoisotopic (exact) mass is 326 g/mol. The fraction of sp³-hybridized carbons (Fsp3) is 0.308. The average molecular weight is 327 g/mol. The molecule has 0 amide bonds. The molecule has 0 fully saturated rings. The lowest BCUT2D eigenvalue weighted by molar-refractivity contribution is 0.412. The molecule has 5 heteroatoms. The predicted molar refractivity (Wildman–Crippen MR) is 79.2 cm³/mol. The molecule has 0 aliphatic heterocycles.